The number of methoxy groups -OCH3 is 1. The molecule has 0 fully saturated rings. The summed E-state index contributed by atoms with van der Waals surface area (Å²) in [5, 5.41) is 5.55. The number of urea groups is 1. The standard InChI is InChI=1S/C23H23N3O6/c1-3-31-17-10-6-4-8-14(17)21-20-16(13-32-22(20)28)26(23(29)25-21)12-19(27)24-15-9-5-7-11-18(15)30-2/h4-11,21H,3,12-13H2,1-2H3,(H,24,27)(H,25,29)/t21-/m0/s1. The van der Waals surface area contributed by atoms with Crippen molar-refractivity contribution in [3.63, 3.8) is 0 Å². The molecule has 2 heterocycles. The molecule has 0 saturated carbocycles. The lowest BCUT2D eigenvalue weighted by atomic mass is 9.95. The number of hydrogen-bond acceptors (Lipinski definition) is 6. The average molecular weight is 437 g/mol. The highest BCUT2D eigenvalue weighted by atomic mass is 16.5. The minimum Gasteiger partial charge on any atom is -0.495 e. The molecule has 3 amide bonds. The van der Waals surface area contributed by atoms with Crippen molar-refractivity contribution in [2.75, 3.05) is 32.2 Å². The maximum absolute atomic E-state index is 13.0. The van der Waals surface area contributed by atoms with E-state index in [2.05, 4.69) is 10.6 Å². The Kier molecular flexibility index (Phi) is 5.98. The Morgan fingerprint density at radius 1 is 1.16 bits per heavy atom. The van der Waals surface area contributed by atoms with E-state index in [0.29, 0.717) is 40.6 Å². The molecule has 9 nitrogen and oxygen atoms in total. The third-order valence-corrected chi connectivity index (χ3v) is 5.21. The SMILES string of the molecule is CCOc1ccccc1[C@@H]1NC(=O)N(CC(=O)Nc2ccccc2OC)C2=C1C(=O)OC2. The number of carbonyl (C=O) groups excluding carboxylic acids is 3. The maximum Gasteiger partial charge on any atom is 0.338 e. The van der Waals surface area contributed by atoms with Crippen LogP contribution in [0.2, 0.25) is 0 Å². The molecule has 2 aromatic carbocycles. The van der Waals surface area contributed by atoms with E-state index >= 15 is 0 Å². The minimum atomic E-state index is -0.733. The zero-order valence-electron chi connectivity index (χ0n) is 17.7. The molecule has 2 aromatic rings. The monoisotopic (exact) mass is 437 g/mol. The van der Waals surface area contributed by atoms with E-state index in [1.54, 1.807) is 42.5 Å². The van der Waals surface area contributed by atoms with Gasteiger partial charge in [-0.2, -0.15) is 0 Å². The number of amides is 3. The van der Waals surface area contributed by atoms with Crippen molar-refractivity contribution in [2.45, 2.75) is 13.0 Å². The minimum absolute atomic E-state index is 0.0865. The fourth-order valence-corrected chi connectivity index (χ4v) is 3.80. The summed E-state index contributed by atoms with van der Waals surface area (Å²) in [6.45, 7) is 1.91. The first-order valence-electron chi connectivity index (χ1n) is 10.2. The van der Waals surface area contributed by atoms with Crippen molar-refractivity contribution in [1.82, 2.24) is 10.2 Å². The molecule has 2 N–H and O–H groups in total. The van der Waals surface area contributed by atoms with Crippen LogP contribution in [0.15, 0.2) is 59.8 Å². The number of ether oxygens (including phenoxy) is 3. The number of rotatable bonds is 7. The molecule has 0 radical (unpaired) electrons. The second-order valence-corrected chi connectivity index (χ2v) is 7.12. The van der Waals surface area contributed by atoms with E-state index in [1.807, 2.05) is 13.0 Å². The van der Waals surface area contributed by atoms with Crippen LogP contribution in [0.1, 0.15) is 18.5 Å². The molecule has 0 bridgehead atoms. The molecule has 2 aliphatic rings. The van der Waals surface area contributed by atoms with Gasteiger partial charge in [-0.25, -0.2) is 9.59 Å². The maximum atomic E-state index is 13.0. The van der Waals surface area contributed by atoms with Gasteiger partial charge in [-0.15, -0.1) is 0 Å². The number of hydrogen-bond donors (Lipinski definition) is 2. The largest absolute Gasteiger partial charge is 0.495 e. The van der Waals surface area contributed by atoms with Crippen molar-refractivity contribution in [1.29, 1.82) is 0 Å². The molecule has 0 aromatic heterocycles. The van der Waals surface area contributed by atoms with Crippen LogP contribution < -0.4 is 20.1 Å². The quantitative estimate of drug-likeness (QED) is 0.645. The summed E-state index contributed by atoms with van der Waals surface area (Å²) < 4.78 is 16.1. The highest BCUT2D eigenvalue weighted by molar-refractivity contribution is 6.00. The normalized spacial score (nSPS) is 17.4. The zero-order chi connectivity index (χ0) is 22.7. The predicted molar refractivity (Wildman–Crippen MR) is 115 cm³/mol. The van der Waals surface area contributed by atoms with Crippen molar-refractivity contribution in [2.24, 2.45) is 0 Å². The van der Waals surface area contributed by atoms with Crippen LogP contribution in [0, 0.1) is 0 Å². The van der Waals surface area contributed by atoms with Gasteiger partial charge < -0.3 is 24.8 Å². The Morgan fingerprint density at radius 3 is 2.62 bits per heavy atom. The molecule has 9 heteroatoms. The van der Waals surface area contributed by atoms with Crippen LogP contribution >= 0.6 is 0 Å². The molecule has 0 unspecified atom stereocenters. The fourth-order valence-electron chi connectivity index (χ4n) is 3.80. The number of nitrogens with zero attached hydrogens (tertiary/aromatic N) is 1. The predicted octanol–water partition coefficient (Wildman–Crippen LogP) is 2.61. The first-order chi connectivity index (χ1) is 15.5. The molecule has 166 valence electrons. The van der Waals surface area contributed by atoms with Gasteiger partial charge in [-0.3, -0.25) is 9.69 Å². The van der Waals surface area contributed by atoms with Gasteiger partial charge in [0.1, 0.15) is 24.7 Å². The fraction of sp³-hybridized carbons (Fsp3) is 0.261. The third-order valence-electron chi connectivity index (χ3n) is 5.21. The lowest BCUT2D eigenvalue weighted by Crippen LogP contribution is -2.49. The third kappa shape index (κ3) is 3.96. The van der Waals surface area contributed by atoms with Crippen LogP contribution in [0.25, 0.3) is 0 Å². The first-order valence-corrected chi connectivity index (χ1v) is 10.2. The Bertz CT molecular complexity index is 1100. The number of benzene rings is 2. The highest BCUT2D eigenvalue weighted by Gasteiger charge is 2.43. The summed E-state index contributed by atoms with van der Waals surface area (Å²) >= 11 is 0. The van der Waals surface area contributed by atoms with Crippen molar-refractivity contribution in [3.05, 3.63) is 65.4 Å². The average Bonchev–Trinajstić information content (AvgIpc) is 3.18. The van der Waals surface area contributed by atoms with Crippen LogP contribution in [0.3, 0.4) is 0 Å². The van der Waals surface area contributed by atoms with Gasteiger partial charge in [0.25, 0.3) is 0 Å². The number of carbonyl (C=O) groups is 3. The van der Waals surface area contributed by atoms with E-state index in [1.165, 1.54) is 12.0 Å². The molecular formula is C23H23N3O6. The summed E-state index contributed by atoms with van der Waals surface area (Å²) in [7, 11) is 1.50. The Labute approximate surface area is 184 Å². The summed E-state index contributed by atoms with van der Waals surface area (Å²) in [4.78, 5) is 39.5. The Morgan fingerprint density at radius 2 is 1.88 bits per heavy atom. The molecule has 0 saturated heterocycles. The first kappa shape index (κ1) is 21.2. The smallest absolute Gasteiger partial charge is 0.338 e. The van der Waals surface area contributed by atoms with E-state index in [0.717, 1.165) is 0 Å². The summed E-state index contributed by atoms with van der Waals surface area (Å²) in [6, 6.07) is 12.9. The number of para-hydroxylation sites is 3. The number of esters is 1. The molecule has 32 heavy (non-hydrogen) atoms. The lowest BCUT2D eigenvalue weighted by Gasteiger charge is -2.33. The van der Waals surface area contributed by atoms with Gasteiger partial charge in [0.15, 0.2) is 0 Å². The van der Waals surface area contributed by atoms with Gasteiger partial charge >= 0.3 is 12.0 Å². The van der Waals surface area contributed by atoms with E-state index < -0.39 is 23.9 Å². The van der Waals surface area contributed by atoms with Crippen LogP contribution in [0.5, 0.6) is 11.5 Å². The summed E-state index contributed by atoms with van der Waals surface area (Å²) in [5.74, 6) is 0.0838. The van der Waals surface area contributed by atoms with Gasteiger partial charge in [-0.05, 0) is 25.1 Å². The second kappa shape index (κ2) is 9.01. The Balaban J connectivity index is 1.62. The molecule has 1 atom stereocenters. The van der Waals surface area contributed by atoms with Crippen LogP contribution in [-0.2, 0) is 14.3 Å². The number of anilines is 1. The lowest BCUT2D eigenvalue weighted by molar-refractivity contribution is -0.136. The zero-order valence-corrected chi connectivity index (χ0v) is 17.7. The van der Waals surface area contributed by atoms with Crippen molar-refractivity contribution in [3.8, 4) is 11.5 Å². The molecule has 0 spiro atoms. The van der Waals surface area contributed by atoms with E-state index in [4.69, 9.17) is 14.2 Å². The van der Waals surface area contributed by atoms with Gasteiger partial charge in [-0.1, -0.05) is 30.3 Å². The summed E-state index contributed by atoms with van der Waals surface area (Å²) in [5.41, 5.74) is 1.79. The van der Waals surface area contributed by atoms with Crippen molar-refractivity contribution < 1.29 is 28.6 Å². The number of nitrogens with one attached hydrogen (secondary N) is 2. The van der Waals surface area contributed by atoms with E-state index in [-0.39, 0.29) is 13.2 Å². The number of cyclic esters (lactones) is 1. The van der Waals surface area contributed by atoms with Crippen LogP contribution in [-0.4, -0.2) is 49.7 Å². The van der Waals surface area contributed by atoms with E-state index in [9.17, 15) is 14.4 Å². The summed E-state index contributed by atoms with van der Waals surface area (Å²) in [6.07, 6.45) is 0. The Hall–Kier alpha value is -4.01. The highest BCUT2D eigenvalue weighted by Crippen LogP contribution is 2.38. The second-order valence-electron chi connectivity index (χ2n) is 7.12. The van der Waals surface area contributed by atoms with Gasteiger partial charge in [0.05, 0.1) is 36.7 Å². The molecule has 2 aliphatic heterocycles. The molecule has 0 aliphatic carbocycles. The van der Waals surface area contributed by atoms with Gasteiger partial charge in [0.2, 0.25) is 5.91 Å². The van der Waals surface area contributed by atoms with Gasteiger partial charge in [0, 0.05) is 5.56 Å². The topological polar surface area (TPSA) is 106 Å². The molecule has 4 rings (SSSR count). The van der Waals surface area contributed by atoms with Crippen molar-refractivity contribution >= 4 is 23.6 Å². The molecular weight excluding hydrogens is 414 g/mol. The van der Waals surface area contributed by atoms with Crippen LogP contribution in [0.4, 0.5) is 10.5 Å².